The number of nitrogens with one attached hydrogen (secondary N) is 1. The third-order valence-corrected chi connectivity index (χ3v) is 5.22. The quantitative estimate of drug-likeness (QED) is 0.888. The Morgan fingerprint density at radius 3 is 2.94 bits per heavy atom. The van der Waals surface area contributed by atoms with Crippen molar-refractivity contribution in [2.45, 2.75) is 18.9 Å². The van der Waals surface area contributed by atoms with E-state index < -0.39 is 0 Å². The maximum atomic E-state index is 12.0. The summed E-state index contributed by atoms with van der Waals surface area (Å²) in [6, 6.07) is 4.14. The first-order valence-corrected chi connectivity index (χ1v) is 7.60. The third kappa shape index (κ3) is 3.07. The number of hydrogen-bond acceptors (Lipinski definition) is 3. The summed E-state index contributed by atoms with van der Waals surface area (Å²) in [5.74, 6) is 0.873. The zero-order chi connectivity index (χ0) is 11.8. The van der Waals surface area contributed by atoms with Crippen molar-refractivity contribution < 1.29 is 4.79 Å². The number of amides is 1. The summed E-state index contributed by atoms with van der Waals surface area (Å²) in [7, 11) is 0. The van der Waals surface area contributed by atoms with E-state index in [0.29, 0.717) is 6.04 Å². The van der Waals surface area contributed by atoms with Crippen LogP contribution in [0.2, 0.25) is 0 Å². The highest BCUT2D eigenvalue weighted by Gasteiger charge is 2.33. The maximum Gasteiger partial charge on any atom is 0.261 e. The normalized spacial score (nSPS) is 29.7. The van der Waals surface area contributed by atoms with Crippen LogP contribution in [-0.2, 0) is 0 Å². The summed E-state index contributed by atoms with van der Waals surface area (Å²) in [6.45, 7) is 3.47. The molecule has 0 spiro atoms. The Bertz CT molecular complexity index is 427. The molecule has 6 heteroatoms. The largest absolute Gasteiger partial charge is 0.347 e. The topological polar surface area (TPSA) is 32.3 Å². The number of hydrogen-bond donors (Lipinski definition) is 1. The summed E-state index contributed by atoms with van der Waals surface area (Å²) in [5, 5.41) is 3.16. The molecule has 18 heavy (non-hydrogen) atoms. The average molecular weight is 352 g/mol. The molecule has 1 aromatic heterocycles. The Morgan fingerprint density at radius 1 is 1.44 bits per heavy atom. The van der Waals surface area contributed by atoms with Gasteiger partial charge in [-0.2, -0.15) is 0 Å². The molecule has 2 aliphatic rings. The minimum Gasteiger partial charge on any atom is -0.347 e. The van der Waals surface area contributed by atoms with Crippen LogP contribution < -0.4 is 5.32 Å². The fourth-order valence-electron chi connectivity index (χ4n) is 2.86. The van der Waals surface area contributed by atoms with E-state index in [2.05, 4.69) is 26.1 Å². The van der Waals surface area contributed by atoms with Crippen molar-refractivity contribution in [2.24, 2.45) is 5.92 Å². The van der Waals surface area contributed by atoms with Gasteiger partial charge in [0.15, 0.2) is 0 Å². The Kier molecular flexibility index (Phi) is 4.69. The summed E-state index contributed by atoms with van der Waals surface area (Å²) in [4.78, 5) is 15.3. The lowest BCUT2D eigenvalue weighted by Gasteiger charge is -2.30. The molecule has 1 amide bonds. The summed E-state index contributed by atoms with van der Waals surface area (Å²) in [5.41, 5.74) is 0. The minimum absolute atomic E-state index is 0. The van der Waals surface area contributed by atoms with Gasteiger partial charge in [-0.1, -0.05) is 0 Å². The van der Waals surface area contributed by atoms with Crippen LogP contribution in [-0.4, -0.2) is 36.5 Å². The van der Waals surface area contributed by atoms with Crippen molar-refractivity contribution in [3.63, 3.8) is 0 Å². The number of thiophene rings is 1. The minimum atomic E-state index is 0. The molecule has 1 unspecified atom stereocenters. The fraction of sp³-hybridized carbons (Fsp3) is 0.583. The van der Waals surface area contributed by atoms with Crippen LogP contribution in [0.15, 0.2) is 15.9 Å². The Balaban J connectivity index is 0.00000120. The highest BCUT2D eigenvalue weighted by Crippen LogP contribution is 2.27. The molecule has 2 bridgehead atoms. The molecule has 0 radical (unpaired) electrons. The molecule has 0 aromatic carbocycles. The molecular formula is C12H16BrClN2OS. The molecule has 3 nitrogen and oxygen atoms in total. The molecule has 1 aromatic rings. The second-order valence-corrected chi connectivity index (χ2v) is 7.39. The van der Waals surface area contributed by atoms with E-state index in [-0.39, 0.29) is 18.3 Å². The molecule has 0 aliphatic carbocycles. The number of fused-ring (bicyclic) bond motifs is 2. The highest BCUT2D eigenvalue weighted by atomic mass is 79.9. The lowest BCUT2D eigenvalue weighted by Crippen LogP contribution is -2.46. The molecule has 2 fully saturated rings. The molecule has 2 saturated heterocycles. The monoisotopic (exact) mass is 350 g/mol. The van der Waals surface area contributed by atoms with Crippen LogP contribution in [0.25, 0.3) is 0 Å². The molecule has 1 N–H and O–H groups in total. The van der Waals surface area contributed by atoms with Gasteiger partial charge in [0.2, 0.25) is 0 Å². The van der Waals surface area contributed by atoms with E-state index in [1.807, 2.05) is 12.1 Å². The van der Waals surface area contributed by atoms with E-state index in [4.69, 9.17) is 0 Å². The maximum absolute atomic E-state index is 12.0. The number of rotatable bonds is 2. The SMILES string of the molecule is Cl.O=C(N[C@@H]1C[C@H]2CCN(C2)C1)c1ccc(Br)s1. The Morgan fingerprint density at radius 2 is 2.28 bits per heavy atom. The molecule has 3 atom stereocenters. The molecular weight excluding hydrogens is 336 g/mol. The van der Waals surface area contributed by atoms with E-state index in [1.54, 1.807) is 0 Å². The van der Waals surface area contributed by atoms with Gasteiger partial charge >= 0.3 is 0 Å². The van der Waals surface area contributed by atoms with E-state index in [0.717, 1.165) is 27.5 Å². The first kappa shape index (κ1) is 14.3. The van der Waals surface area contributed by atoms with Crippen molar-refractivity contribution in [1.82, 2.24) is 10.2 Å². The fourth-order valence-corrected chi connectivity index (χ4v) is 4.15. The number of piperidine rings is 1. The van der Waals surface area contributed by atoms with Crippen molar-refractivity contribution in [3.05, 3.63) is 20.8 Å². The Labute approximate surface area is 125 Å². The van der Waals surface area contributed by atoms with E-state index in [9.17, 15) is 4.79 Å². The zero-order valence-electron chi connectivity index (χ0n) is 9.89. The smallest absolute Gasteiger partial charge is 0.261 e. The van der Waals surface area contributed by atoms with E-state index in [1.165, 1.54) is 30.8 Å². The van der Waals surface area contributed by atoms with Gasteiger partial charge in [-0.05, 0) is 53.4 Å². The van der Waals surface area contributed by atoms with Crippen LogP contribution in [0.4, 0.5) is 0 Å². The van der Waals surface area contributed by atoms with Crippen LogP contribution >= 0.6 is 39.7 Å². The predicted octanol–water partition coefficient (Wildman–Crippen LogP) is 2.76. The summed E-state index contributed by atoms with van der Waals surface area (Å²) in [6.07, 6.45) is 2.45. The van der Waals surface area contributed by atoms with Gasteiger partial charge in [0, 0.05) is 19.1 Å². The van der Waals surface area contributed by atoms with Gasteiger partial charge in [0.1, 0.15) is 0 Å². The van der Waals surface area contributed by atoms with Gasteiger partial charge in [0.25, 0.3) is 5.91 Å². The van der Waals surface area contributed by atoms with Crippen molar-refractivity contribution >= 4 is 45.6 Å². The van der Waals surface area contributed by atoms with Gasteiger partial charge in [-0.15, -0.1) is 23.7 Å². The second-order valence-electron chi connectivity index (χ2n) is 4.92. The van der Waals surface area contributed by atoms with Gasteiger partial charge in [-0.25, -0.2) is 0 Å². The van der Waals surface area contributed by atoms with Crippen molar-refractivity contribution in [3.8, 4) is 0 Å². The first-order chi connectivity index (χ1) is 8.20. The van der Waals surface area contributed by atoms with Crippen molar-refractivity contribution in [2.75, 3.05) is 19.6 Å². The third-order valence-electron chi connectivity index (χ3n) is 3.60. The first-order valence-electron chi connectivity index (χ1n) is 5.99. The van der Waals surface area contributed by atoms with Crippen LogP contribution in [0, 0.1) is 5.92 Å². The second kappa shape index (κ2) is 5.90. The molecule has 2 aliphatic heterocycles. The molecule has 0 saturated carbocycles. The predicted molar refractivity (Wildman–Crippen MR) is 79.7 cm³/mol. The standard InChI is InChI=1S/C12H15BrN2OS.ClH/c13-11-2-1-10(17-11)12(16)14-9-5-8-3-4-15(6-8)7-9;/h1-2,8-9H,3-7H2,(H,14,16);1H/t8-,9-;/m1./s1. The average Bonchev–Trinajstić information content (AvgIpc) is 2.85. The van der Waals surface area contributed by atoms with Gasteiger partial charge in [0.05, 0.1) is 8.66 Å². The zero-order valence-corrected chi connectivity index (χ0v) is 13.1. The molecule has 3 heterocycles. The number of carbonyl (C=O) groups excluding carboxylic acids is 1. The van der Waals surface area contributed by atoms with Crippen LogP contribution in [0.3, 0.4) is 0 Å². The number of carbonyl (C=O) groups is 1. The van der Waals surface area contributed by atoms with Crippen molar-refractivity contribution in [1.29, 1.82) is 0 Å². The number of halogens is 2. The molecule has 100 valence electrons. The van der Waals surface area contributed by atoms with Gasteiger partial charge < -0.3 is 10.2 Å². The van der Waals surface area contributed by atoms with Crippen LogP contribution in [0.5, 0.6) is 0 Å². The summed E-state index contributed by atoms with van der Waals surface area (Å²) >= 11 is 4.88. The lowest BCUT2D eigenvalue weighted by molar-refractivity contribution is 0.0913. The van der Waals surface area contributed by atoms with Crippen LogP contribution in [0.1, 0.15) is 22.5 Å². The highest BCUT2D eigenvalue weighted by molar-refractivity contribution is 9.11. The van der Waals surface area contributed by atoms with Gasteiger partial charge in [-0.3, -0.25) is 4.79 Å². The molecule has 3 rings (SSSR count). The summed E-state index contributed by atoms with van der Waals surface area (Å²) < 4.78 is 1.01. The van der Waals surface area contributed by atoms with E-state index >= 15 is 0 Å². The Hall–Kier alpha value is -0.100. The lowest BCUT2D eigenvalue weighted by atomic mass is 9.97. The number of nitrogens with zero attached hydrogens (tertiary/aromatic N) is 1.